The zero-order valence-corrected chi connectivity index (χ0v) is 12.8. The van der Waals surface area contributed by atoms with E-state index in [-0.39, 0.29) is 11.8 Å². The van der Waals surface area contributed by atoms with Crippen LogP contribution >= 0.6 is 0 Å². The van der Waals surface area contributed by atoms with Crippen molar-refractivity contribution in [1.29, 1.82) is 0 Å². The average molecular weight is 287 g/mol. The highest BCUT2D eigenvalue weighted by Gasteiger charge is 2.14. The monoisotopic (exact) mass is 287 g/mol. The molecule has 0 heterocycles. The van der Waals surface area contributed by atoms with Gasteiger partial charge >= 0.3 is 0 Å². The highest BCUT2D eigenvalue weighted by Crippen LogP contribution is 2.34. The fourth-order valence-electron chi connectivity index (χ4n) is 2.31. The first kappa shape index (κ1) is 15.0. The fraction of sp³-hybridized carbons (Fsp3) is 0.294. The number of anilines is 1. The fourth-order valence-corrected chi connectivity index (χ4v) is 2.31. The Balaban J connectivity index is 2.30. The van der Waals surface area contributed by atoms with E-state index in [4.69, 9.17) is 4.74 Å². The Morgan fingerprint density at radius 1 is 1.10 bits per heavy atom. The van der Waals surface area contributed by atoms with Crippen molar-refractivity contribution in [3.8, 4) is 17.2 Å². The van der Waals surface area contributed by atoms with Crippen LogP contribution in [0, 0.1) is 13.8 Å². The van der Waals surface area contributed by atoms with E-state index >= 15 is 0 Å². The van der Waals surface area contributed by atoms with Gasteiger partial charge in [0.05, 0.1) is 13.2 Å². The molecule has 1 atom stereocenters. The van der Waals surface area contributed by atoms with E-state index in [1.165, 1.54) is 0 Å². The number of aromatic hydroxyl groups is 2. The molecule has 0 aliphatic carbocycles. The summed E-state index contributed by atoms with van der Waals surface area (Å²) in [5.41, 5.74) is 3.22. The molecular formula is C17H21NO3. The van der Waals surface area contributed by atoms with E-state index < -0.39 is 0 Å². The molecule has 3 N–H and O–H groups in total. The molecule has 0 aliphatic rings. The number of phenolic OH excluding ortho intramolecular Hbond substituents is 2. The minimum Gasteiger partial charge on any atom is -0.508 e. The van der Waals surface area contributed by atoms with Gasteiger partial charge in [-0.1, -0.05) is 6.07 Å². The van der Waals surface area contributed by atoms with Gasteiger partial charge in [-0.05, 0) is 50.6 Å². The van der Waals surface area contributed by atoms with Gasteiger partial charge in [0.25, 0.3) is 0 Å². The van der Waals surface area contributed by atoms with Crippen LogP contribution < -0.4 is 10.1 Å². The van der Waals surface area contributed by atoms with Crippen molar-refractivity contribution in [2.45, 2.75) is 26.8 Å². The summed E-state index contributed by atoms with van der Waals surface area (Å²) in [6.07, 6.45) is 0. The van der Waals surface area contributed by atoms with E-state index in [0.717, 1.165) is 22.4 Å². The second-order valence-electron chi connectivity index (χ2n) is 5.19. The molecule has 0 amide bonds. The highest BCUT2D eigenvalue weighted by atomic mass is 16.5. The molecule has 21 heavy (non-hydrogen) atoms. The standard InChI is InChI=1S/C17H21NO3/c1-10-5-7-15(11(2)17(10)20)18-12(3)14-9-13(21-4)6-8-16(14)19/h5-9,12,18-20H,1-4H3. The van der Waals surface area contributed by atoms with E-state index in [2.05, 4.69) is 5.32 Å². The van der Waals surface area contributed by atoms with Gasteiger partial charge in [-0.3, -0.25) is 0 Å². The number of nitrogens with one attached hydrogen (secondary N) is 1. The van der Waals surface area contributed by atoms with Crippen molar-refractivity contribution in [3.63, 3.8) is 0 Å². The van der Waals surface area contributed by atoms with Crippen molar-refractivity contribution >= 4 is 5.69 Å². The maximum atomic E-state index is 10.0. The normalized spacial score (nSPS) is 12.0. The van der Waals surface area contributed by atoms with Gasteiger partial charge in [-0.2, -0.15) is 0 Å². The molecule has 0 saturated carbocycles. The third-order valence-electron chi connectivity index (χ3n) is 3.71. The second-order valence-corrected chi connectivity index (χ2v) is 5.19. The first-order valence-corrected chi connectivity index (χ1v) is 6.86. The third-order valence-corrected chi connectivity index (χ3v) is 3.71. The largest absolute Gasteiger partial charge is 0.508 e. The summed E-state index contributed by atoms with van der Waals surface area (Å²) >= 11 is 0. The minimum atomic E-state index is -0.124. The van der Waals surface area contributed by atoms with Crippen LogP contribution in [0.25, 0.3) is 0 Å². The van der Waals surface area contributed by atoms with E-state index in [0.29, 0.717) is 11.5 Å². The molecule has 2 aromatic carbocycles. The summed E-state index contributed by atoms with van der Waals surface area (Å²) in [5.74, 6) is 1.20. The van der Waals surface area contributed by atoms with Gasteiger partial charge in [0.15, 0.2) is 0 Å². The number of rotatable bonds is 4. The van der Waals surface area contributed by atoms with Crippen LogP contribution in [0.1, 0.15) is 29.7 Å². The summed E-state index contributed by atoms with van der Waals surface area (Å²) in [4.78, 5) is 0. The summed E-state index contributed by atoms with van der Waals surface area (Å²) in [5, 5.41) is 23.3. The minimum absolute atomic E-state index is 0.124. The molecule has 2 aromatic rings. The number of ether oxygens (including phenoxy) is 1. The molecule has 2 rings (SSSR count). The van der Waals surface area contributed by atoms with Gasteiger partial charge < -0.3 is 20.3 Å². The molecule has 112 valence electrons. The van der Waals surface area contributed by atoms with Crippen LogP contribution in [0.3, 0.4) is 0 Å². The molecule has 0 spiro atoms. The van der Waals surface area contributed by atoms with Crippen LogP contribution in [0.15, 0.2) is 30.3 Å². The van der Waals surface area contributed by atoms with E-state index in [1.54, 1.807) is 25.3 Å². The molecule has 0 radical (unpaired) electrons. The smallest absolute Gasteiger partial charge is 0.123 e. The Hall–Kier alpha value is -2.36. The number of hydrogen-bond donors (Lipinski definition) is 3. The first-order chi connectivity index (χ1) is 9.93. The van der Waals surface area contributed by atoms with Crippen LogP contribution in [-0.2, 0) is 0 Å². The number of methoxy groups -OCH3 is 1. The van der Waals surface area contributed by atoms with Crippen molar-refractivity contribution in [1.82, 2.24) is 0 Å². The molecule has 1 unspecified atom stereocenters. The summed E-state index contributed by atoms with van der Waals surface area (Å²) < 4.78 is 5.19. The maximum Gasteiger partial charge on any atom is 0.123 e. The Bertz CT molecular complexity index is 653. The average Bonchev–Trinajstić information content (AvgIpc) is 2.48. The van der Waals surface area contributed by atoms with Crippen LogP contribution in [0.4, 0.5) is 5.69 Å². The Morgan fingerprint density at radius 3 is 2.48 bits per heavy atom. The molecule has 0 fully saturated rings. The third kappa shape index (κ3) is 3.05. The zero-order valence-electron chi connectivity index (χ0n) is 12.8. The zero-order chi connectivity index (χ0) is 15.6. The summed E-state index contributed by atoms with van der Waals surface area (Å²) in [6.45, 7) is 5.68. The van der Waals surface area contributed by atoms with Crippen molar-refractivity contribution in [2.24, 2.45) is 0 Å². The molecule has 0 aliphatic heterocycles. The van der Waals surface area contributed by atoms with Crippen LogP contribution in [0.5, 0.6) is 17.2 Å². The van der Waals surface area contributed by atoms with Gasteiger partial charge in [-0.15, -0.1) is 0 Å². The van der Waals surface area contributed by atoms with Gasteiger partial charge in [-0.25, -0.2) is 0 Å². The van der Waals surface area contributed by atoms with Crippen molar-refractivity contribution in [3.05, 3.63) is 47.0 Å². The van der Waals surface area contributed by atoms with Gasteiger partial charge in [0.2, 0.25) is 0 Å². The lowest BCUT2D eigenvalue weighted by Gasteiger charge is -2.20. The lowest BCUT2D eigenvalue weighted by molar-refractivity contribution is 0.410. The van der Waals surface area contributed by atoms with Gasteiger partial charge in [0, 0.05) is 16.8 Å². The molecule has 4 heteroatoms. The van der Waals surface area contributed by atoms with E-state index in [1.807, 2.05) is 32.9 Å². The quantitative estimate of drug-likeness (QED) is 0.798. The van der Waals surface area contributed by atoms with Crippen LogP contribution in [-0.4, -0.2) is 17.3 Å². The number of aryl methyl sites for hydroxylation is 1. The van der Waals surface area contributed by atoms with Gasteiger partial charge in [0.1, 0.15) is 17.2 Å². The predicted octanol–water partition coefficient (Wildman–Crippen LogP) is 3.90. The SMILES string of the molecule is COc1ccc(O)c(C(C)Nc2ccc(C)c(O)c2C)c1. The Labute approximate surface area is 125 Å². The lowest BCUT2D eigenvalue weighted by Crippen LogP contribution is -2.08. The lowest BCUT2D eigenvalue weighted by atomic mass is 10.0. The Morgan fingerprint density at radius 2 is 1.81 bits per heavy atom. The number of hydrogen-bond acceptors (Lipinski definition) is 4. The topological polar surface area (TPSA) is 61.7 Å². The predicted molar refractivity (Wildman–Crippen MR) is 84.3 cm³/mol. The highest BCUT2D eigenvalue weighted by molar-refractivity contribution is 5.60. The molecule has 0 saturated heterocycles. The molecular weight excluding hydrogens is 266 g/mol. The maximum absolute atomic E-state index is 10.0. The number of benzene rings is 2. The number of phenols is 2. The van der Waals surface area contributed by atoms with Crippen molar-refractivity contribution < 1.29 is 14.9 Å². The van der Waals surface area contributed by atoms with Crippen molar-refractivity contribution in [2.75, 3.05) is 12.4 Å². The molecule has 0 aromatic heterocycles. The molecule has 4 nitrogen and oxygen atoms in total. The second kappa shape index (κ2) is 5.95. The summed E-state index contributed by atoms with van der Waals surface area (Å²) in [6, 6.07) is 8.80. The summed E-state index contributed by atoms with van der Waals surface area (Å²) in [7, 11) is 1.59. The van der Waals surface area contributed by atoms with E-state index in [9.17, 15) is 10.2 Å². The first-order valence-electron chi connectivity index (χ1n) is 6.86. The molecule has 0 bridgehead atoms. The Kier molecular flexibility index (Phi) is 4.26. The van der Waals surface area contributed by atoms with Crippen LogP contribution in [0.2, 0.25) is 0 Å².